The number of nitrogens with zero attached hydrogens (tertiary/aromatic N) is 4. The Kier molecular flexibility index (Phi) is 5.95. The highest BCUT2D eigenvalue weighted by Gasteiger charge is 2.12. The fraction of sp³-hybridized carbons (Fsp3) is 0.316. The molecule has 146 valence electrons. The zero-order chi connectivity index (χ0) is 20.1. The molecule has 0 saturated carbocycles. The van der Waals surface area contributed by atoms with Crippen molar-refractivity contribution in [3.05, 3.63) is 47.5 Å². The van der Waals surface area contributed by atoms with Gasteiger partial charge >= 0.3 is 0 Å². The lowest BCUT2D eigenvalue weighted by Gasteiger charge is -2.11. The maximum atomic E-state index is 12.3. The summed E-state index contributed by atoms with van der Waals surface area (Å²) in [5.74, 6) is 0.220. The van der Waals surface area contributed by atoms with Crippen LogP contribution in [-0.2, 0) is 20.7 Å². The van der Waals surface area contributed by atoms with Crippen LogP contribution in [0.15, 0.2) is 30.6 Å². The minimum absolute atomic E-state index is 0.00738. The maximum absolute atomic E-state index is 12.3. The van der Waals surface area contributed by atoms with Crippen molar-refractivity contribution < 1.29 is 14.3 Å². The number of rotatable bonds is 7. The molecule has 9 nitrogen and oxygen atoms in total. The number of fused-ring (bicyclic) bond motifs is 1. The van der Waals surface area contributed by atoms with Crippen molar-refractivity contribution in [3.63, 3.8) is 0 Å². The number of aryl methyl sites for hydroxylation is 2. The maximum Gasteiger partial charge on any atom is 0.252 e. The normalized spacial score (nSPS) is 10.8. The molecule has 28 heavy (non-hydrogen) atoms. The van der Waals surface area contributed by atoms with Gasteiger partial charge < -0.3 is 15.4 Å². The minimum Gasteiger partial charge on any atom is -0.375 e. The summed E-state index contributed by atoms with van der Waals surface area (Å²) in [5.41, 5.74) is 4.07. The molecule has 3 aromatic rings. The lowest BCUT2D eigenvalue weighted by molar-refractivity contribution is -0.119. The Labute approximate surface area is 162 Å². The van der Waals surface area contributed by atoms with Crippen molar-refractivity contribution in [2.45, 2.75) is 26.7 Å². The standard InChI is InChI=1S/C19H22N6O3/c1-12-16(13(2)25-19(22-12)20-11-21-25)8-9-17(26)23-14-4-6-15(7-5-14)24-18(27)10-28-3/h4-7,11H,8-10H2,1-3H3,(H,23,26)(H,24,27). The Morgan fingerprint density at radius 3 is 2.36 bits per heavy atom. The molecule has 0 fully saturated rings. The minimum atomic E-state index is -0.233. The topological polar surface area (TPSA) is 111 Å². The molecular weight excluding hydrogens is 360 g/mol. The van der Waals surface area contributed by atoms with Crippen LogP contribution in [0.4, 0.5) is 11.4 Å². The number of ether oxygens (including phenoxy) is 1. The number of amides is 2. The van der Waals surface area contributed by atoms with Crippen LogP contribution < -0.4 is 10.6 Å². The number of aromatic nitrogens is 4. The van der Waals surface area contributed by atoms with Crippen molar-refractivity contribution >= 4 is 29.0 Å². The summed E-state index contributed by atoms with van der Waals surface area (Å²) in [4.78, 5) is 32.3. The average molecular weight is 382 g/mol. The predicted molar refractivity (Wildman–Crippen MR) is 104 cm³/mol. The Balaban J connectivity index is 1.58. The van der Waals surface area contributed by atoms with E-state index < -0.39 is 0 Å². The molecule has 0 aliphatic rings. The molecule has 2 aromatic heterocycles. The first-order valence-corrected chi connectivity index (χ1v) is 8.82. The highest BCUT2D eigenvalue weighted by Crippen LogP contribution is 2.17. The monoisotopic (exact) mass is 382 g/mol. The molecule has 2 N–H and O–H groups in total. The number of carbonyl (C=O) groups is 2. The van der Waals surface area contributed by atoms with Gasteiger partial charge in [-0.3, -0.25) is 9.59 Å². The summed E-state index contributed by atoms with van der Waals surface area (Å²) in [7, 11) is 1.46. The molecule has 2 heterocycles. The first-order valence-electron chi connectivity index (χ1n) is 8.82. The Morgan fingerprint density at radius 2 is 1.71 bits per heavy atom. The van der Waals surface area contributed by atoms with Crippen molar-refractivity contribution in [2.24, 2.45) is 0 Å². The van der Waals surface area contributed by atoms with Gasteiger partial charge in [0, 0.05) is 36.3 Å². The highest BCUT2D eigenvalue weighted by molar-refractivity contribution is 5.93. The van der Waals surface area contributed by atoms with Gasteiger partial charge in [-0.05, 0) is 50.1 Å². The van der Waals surface area contributed by atoms with E-state index in [1.54, 1.807) is 28.8 Å². The molecule has 0 spiro atoms. The Morgan fingerprint density at radius 1 is 1.07 bits per heavy atom. The predicted octanol–water partition coefficient (Wildman–Crippen LogP) is 1.90. The molecular formula is C19H22N6O3. The summed E-state index contributed by atoms with van der Waals surface area (Å²) < 4.78 is 6.45. The Bertz CT molecular complexity index is 997. The van der Waals surface area contributed by atoms with Crippen LogP contribution in [0.1, 0.15) is 23.4 Å². The molecule has 2 amide bonds. The largest absolute Gasteiger partial charge is 0.375 e. The fourth-order valence-electron chi connectivity index (χ4n) is 2.94. The van der Waals surface area contributed by atoms with Crippen LogP contribution in [0.5, 0.6) is 0 Å². The van der Waals surface area contributed by atoms with Gasteiger partial charge in [0.2, 0.25) is 11.8 Å². The lowest BCUT2D eigenvalue weighted by Crippen LogP contribution is -2.17. The zero-order valence-electron chi connectivity index (χ0n) is 16.0. The summed E-state index contributed by atoms with van der Waals surface area (Å²) in [6.45, 7) is 3.85. The van der Waals surface area contributed by atoms with E-state index >= 15 is 0 Å². The van der Waals surface area contributed by atoms with Gasteiger partial charge in [-0.25, -0.2) is 9.50 Å². The molecule has 0 radical (unpaired) electrons. The van der Waals surface area contributed by atoms with E-state index in [1.807, 2.05) is 13.8 Å². The van der Waals surface area contributed by atoms with Crippen LogP contribution in [-0.4, -0.2) is 45.1 Å². The van der Waals surface area contributed by atoms with E-state index in [2.05, 4.69) is 25.7 Å². The van der Waals surface area contributed by atoms with Gasteiger partial charge in [0.25, 0.3) is 5.78 Å². The second kappa shape index (κ2) is 8.57. The Hall–Kier alpha value is -3.33. The molecule has 3 rings (SSSR count). The molecule has 1 aromatic carbocycles. The van der Waals surface area contributed by atoms with Crippen LogP contribution in [0, 0.1) is 13.8 Å². The van der Waals surface area contributed by atoms with Crippen molar-refractivity contribution in [2.75, 3.05) is 24.4 Å². The SMILES string of the molecule is COCC(=O)Nc1ccc(NC(=O)CCc2c(C)nc3ncnn3c2C)cc1. The second-order valence-corrected chi connectivity index (χ2v) is 6.34. The van der Waals surface area contributed by atoms with Crippen LogP contribution in [0.3, 0.4) is 0 Å². The first-order chi connectivity index (χ1) is 13.5. The van der Waals surface area contributed by atoms with Gasteiger partial charge in [-0.15, -0.1) is 0 Å². The summed E-state index contributed by atoms with van der Waals surface area (Å²) in [6, 6.07) is 6.92. The summed E-state index contributed by atoms with van der Waals surface area (Å²) in [5, 5.41) is 9.72. The number of methoxy groups -OCH3 is 1. The number of carbonyl (C=O) groups excluding carboxylic acids is 2. The molecule has 0 aliphatic carbocycles. The average Bonchev–Trinajstić information content (AvgIpc) is 3.12. The molecule has 0 aliphatic heterocycles. The van der Waals surface area contributed by atoms with Gasteiger partial charge in [-0.2, -0.15) is 10.1 Å². The van der Waals surface area contributed by atoms with Gasteiger partial charge in [0.15, 0.2) is 0 Å². The number of anilines is 2. The molecule has 0 unspecified atom stereocenters. The van der Waals surface area contributed by atoms with Gasteiger partial charge in [0.1, 0.15) is 12.9 Å². The molecule has 0 atom stereocenters. The third-order valence-corrected chi connectivity index (χ3v) is 4.32. The number of hydrogen-bond acceptors (Lipinski definition) is 6. The van der Waals surface area contributed by atoms with Crippen LogP contribution >= 0.6 is 0 Å². The first kappa shape index (κ1) is 19.4. The van der Waals surface area contributed by atoms with Crippen molar-refractivity contribution in [1.29, 1.82) is 0 Å². The van der Waals surface area contributed by atoms with Crippen molar-refractivity contribution in [3.8, 4) is 0 Å². The lowest BCUT2D eigenvalue weighted by atomic mass is 10.1. The molecule has 9 heteroatoms. The van der Waals surface area contributed by atoms with Gasteiger partial charge in [-0.1, -0.05) is 0 Å². The third kappa shape index (κ3) is 4.49. The number of benzene rings is 1. The summed E-state index contributed by atoms with van der Waals surface area (Å²) >= 11 is 0. The zero-order valence-corrected chi connectivity index (χ0v) is 16.0. The molecule has 0 bridgehead atoms. The van der Waals surface area contributed by atoms with Crippen molar-refractivity contribution in [1.82, 2.24) is 19.6 Å². The quantitative estimate of drug-likeness (QED) is 0.646. The second-order valence-electron chi connectivity index (χ2n) is 6.34. The van der Waals surface area contributed by atoms with E-state index in [1.165, 1.54) is 13.4 Å². The smallest absolute Gasteiger partial charge is 0.252 e. The third-order valence-electron chi connectivity index (χ3n) is 4.32. The number of hydrogen-bond donors (Lipinski definition) is 2. The van der Waals surface area contributed by atoms with Crippen LogP contribution in [0.25, 0.3) is 5.78 Å². The van der Waals surface area contributed by atoms with Crippen LogP contribution in [0.2, 0.25) is 0 Å². The number of nitrogens with one attached hydrogen (secondary N) is 2. The van der Waals surface area contributed by atoms with E-state index in [9.17, 15) is 9.59 Å². The van der Waals surface area contributed by atoms with E-state index in [0.29, 0.717) is 30.0 Å². The van der Waals surface area contributed by atoms with E-state index in [4.69, 9.17) is 4.74 Å². The molecule has 0 saturated heterocycles. The highest BCUT2D eigenvalue weighted by atomic mass is 16.5. The summed E-state index contributed by atoms with van der Waals surface area (Å²) in [6.07, 6.45) is 2.33. The van der Waals surface area contributed by atoms with E-state index in [-0.39, 0.29) is 18.4 Å². The van der Waals surface area contributed by atoms with E-state index in [0.717, 1.165) is 17.0 Å². The fourth-order valence-corrected chi connectivity index (χ4v) is 2.94. The van der Waals surface area contributed by atoms with Gasteiger partial charge in [0.05, 0.1) is 0 Å².